The van der Waals surface area contributed by atoms with Gasteiger partial charge in [0.1, 0.15) is 5.69 Å². The molecule has 0 radical (unpaired) electrons. The molecular weight excluding hydrogens is 432 g/mol. The maximum atomic E-state index is 12.0. The Morgan fingerprint density at radius 2 is 1.85 bits per heavy atom. The van der Waals surface area contributed by atoms with Crippen molar-refractivity contribution in [1.29, 1.82) is 0 Å². The Labute approximate surface area is 201 Å². The first-order chi connectivity index (χ1) is 16.4. The molecule has 1 N–H and O–H groups in total. The second kappa shape index (κ2) is 11.0. The van der Waals surface area contributed by atoms with E-state index in [4.69, 9.17) is 4.74 Å². The Balaban J connectivity index is 1.36. The summed E-state index contributed by atoms with van der Waals surface area (Å²) in [5, 5.41) is 14.7. The molecule has 182 valence electrons. The molecule has 34 heavy (non-hydrogen) atoms. The Hall–Kier alpha value is -2.97. The lowest BCUT2D eigenvalue weighted by atomic mass is 9.89. The highest BCUT2D eigenvalue weighted by Gasteiger charge is 2.24. The molecular formula is C26H34N4O4. The average molecular weight is 467 g/mol. The molecule has 0 atom stereocenters. The van der Waals surface area contributed by atoms with Gasteiger partial charge in [0.25, 0.3) is 5.69 Å². The number of carbonyl (C=O) groups is 1. The van der Waals surface area contributed by atoms with Crippen LogP contribution in [-0.4, -0.2) is 55.1 Å². The van der Waals surface area contributed by atoms with Crippen LogP contribution in [-0.2, 0) is 16.1 Å². The molecule has 1 amide bonds. The lowest BCUT2D eigenvalue weighted by molar-refractivity contribution is -0.384. The van der Waals surface area contributed by atoms with Crippen LogP contribution in [0, 0.1) is 16.0 Å². The van der Waals surface area contributed by atoms with Gasteiger partial charge in [0.15, 0.2) is 0 Å². The molecule has 0 aromatic heterocycles. The summed E-state index contributed by atoms with van der Waals surface area (Å²) in [4.78, 5) is 27.9. The van der Waals surface area contributed by atoms with Gasteiger partial charge in [-0.1, -0.05) is 32.0 Å². The van der Waals surface area contributed by atoms with E-state index in [9.17, 15) is 14.9 Å². The van der Waals surface area contributed by atoms with Gasteiger partial charge in [0.2, 0.25) is 5.91 Å². The lowest BCUT2D eigenvalue weighted by Gasteiger charge is -2.32. The number of morpholine rings is 1. The van der Waals surface area contributed by atoms with Crippen LogP contribution in [0.4, 0.5) is 17.1 Å². The van der Waals surface area contributed by atoms with Gasteiger partial charge in [-0.3, -0.25) is 19.8 Å². The van der Waals surface area contributed by atoms with Crippen LogP contribution in [0.2, 0.25) is 0 Å². The normalized spacial score (nSPS) is 17.7. The highest BCUT2D eigenvalue weighted by atomic mass is 16.6. The number of ether oxygens (including phenoxy) is 1. The predicted octanol–water partition coefficient (Wildman–Crippen LogP) is 4.41. The van der Waals surface area contributed by atoms with Crippen molar-refractivity contribution in [2.75, 3.05) is 49.6 Å². The van der Waals surface area contributed by atoms with Gasteiger partial charge in [0.05, 0.1) is 18.1 Å². The number of likely N-dealkylation sites (tertiary alicyclic amines) is 1. The van der Waals surface area contributed by atoms with Gasteiger partial charge in [-0.25, -0.2) is 0 Å². The van der Waals surface area contributed by atoms with E-state index < -0.39 is 0 Å². The van der Waals surface area contributed by atoms with E-state index in [1.165, 1.54) is 5.56 Å². The minimum atomic E-state index is -0.272. The number of piperidine rings is 1. The van der Waals surface area contributed by atoms with E-state index in [1.807, 2.05) is 43.0 Å². The number of carbonyl (C=O) groups excluding carboxylic acids is 1. The fourth-order valence-corrected chi connectivity index (χ4v) is 4.72. The van der Waals surface area contributed by atoms with Gasteiger partial charge in [0, 0.05) is 37.3 Å². The maximum absolute atomic E-state index is 12.0. The van der Waals surface area contributed by atoms with E-state index in [0.29, 0.717) is 44.5 Å². The number of hydrogen-bond acceptors (Lipinski definition) is 6. The van der Waals surface area contributed by atoms with Crippen molar-refractivity contribution in [1.82, 2.24) is 4.90 Å². The molecule has 2 fully saturated rings. The second-order valence-corrected chi connectivity index (χ2v) is 9.50. The monoisotopic (exact) mass is 466 g/mol. The van der Waals surface area contributed by atoms with Crippen LogP contribution in [0.5, 0.6) is 0 Å². The summed E-state index contributed by atoms with van der Waals surface area (Å²) in [7, 11) is 0. The number of hydrogen-bond donors (Lipinski definition) is 1. The smallest absolute Gasteiger partial charge is 0.292 e. The van der Waals surface area contributed by atoms with Gasteiger partial charge in [-0.2, -0.15) is 0 Å². The zero-order valence-corrected chi connectivity index (χ0v) is 20.0. The molecule has 2 heterocycles. The van der Waals surface area contributed by atoms with Crippen molar-refractivity contribution in [2.24, 2.45) is 5.92 Å². The quantitative estimate of drug-likeness (QED) is 0.481. The highest BCUT2D eigenvalue weighted by molar-refractivity contribution is 5.92. The molecule has 8 nitrogen and oxygen atoms in total. The number of nitrogens with one attached hydrogen (secondary N) is 1. The van der Waals surface area contributed by atoms with Crippen LogP contribution >= 0.6 is 0 Å². The van der Waals surface area contributed by atoms with Crippen molar-refractivity contribution in [2.45, 2.75) is 39.2 Å². The average Bonchev–Trinajstić information content (AvgIpc) is 2.85. The fraction of sp³-hybridized carbons (Fsp3) is 0.500. The predicted molar refractivity (Wildman–Crippen MR) is 133 cm³/mol. The van der Waals surface area contributed by atoms with Crippen molar-refractivity contribution in [3.63, 3.8) is 0 Å². The summed E-state index contributed by atoms with van der Waals surface area (Å²) in [6.45, 7) is 8.91. The first-order valence-electron chi connectivity index (χ1n) is 12.1. The van der Waals surface area contributed by atoms with Crippen LogP contribution in [0.25, 0.3) is 0 Å². The summed E-state index contributed by atoms with van der Waals surface area (Å²) >= 11 is 0. The Kier molecular flexibility index (Phi) is 7.80. The van der Waals surface area contributed by atoms with Crippen molar-refractivity contribution < 1.29 is 14.5 Å². The molecule has 0 unspecified atom stereocenters. The SMILES string of the molecule is CC(C)C(=O)Nc1cccc(C2CCN(Cc3ccc(N4CCOCC4)c([N+](=O)[O-])c3)CC2)c1. The molecule has 8 heteroatoms. The maximum Gasteiger partial charge on any atom is 0.292 e. The molecule has 2 aliphatic heterocycles. The van der Waals surface area contributed by atoms with Crippen LogP contribution in [0.3, 0.4) is 0 Å². The molecule has 0 saturated carbocycles. The van der Waals surface area contributed by atoms with E-state index >= 15 is 0 Å². The highest BCUT2D eigenvalue weighted by Crippen LogP contribution is 2.33. The number of benzene rings is 2. The number of nitro groups is 1. The minimum Gasteiger partial charge on any atom is -0.378 e. The summed E-state index contributed by atoms with van der Waals surface area (Å²) in [5.74, 6) is 0.427. The summed E-state index contributed by atoms with van der Waals surface area (Å²) in [5.41, 5.74) is 3.94. The number of anilines is 2. The third-order valence-corrected chi connectivity index (χ3v) is 6.73. The van der Waals surface area contributed by atoms with E-state index in [2.05, 4.69) is 22.3 Å². The standard InChI is InChI=1S/C26H34N4O4/c1-19(2)26(31)27-23-5-3-4-22(17-23)21-8-10-28(11-9-21)18-20-6-7-24(25(16-20)30(32)33)29-12-14-34-15-13-29/h3-7,16-17,19,21H,8-15,18H2,1-2H3,(H,27,31). The molecule has 0 aliphatic carbocycles. The largest absolute Gasteiger partial charge is 0.378 e. The van der Waals surface area contributed by atoms with Crippen molar-refractivity contribution in [3.8, 4) is 0 Å². The summed E-state index contributed by atoms with van der Waals surface area (Å²) in [6.07, 6.45) is 2.05. The number of rotatable bonds is 7. The van der Waals surface area contributed by atoms with Crippen molar-refractivity contribution >= 4 is 23.0 Å². The third kappa shape index (κ3) is 5.93. The zero-order valence-electron chi connectivity index (χ0n) is 20.0. The first-order valence-corrected chi connectivity index (χ1v) is 12.1. The minimum absolute atomic E-state index is 0.0284. The first kappa shape index (κ1) is 24.2. The summed E-state index contributed by atoms with van der Waals surface area (Å²) < 4.78 is 5.38. The van der Waals surface area contributed by atoms with Crippen molar-refractivity contribution in [3.05, 3.63) is 63.7 Å². The molecule has 0 spiro atoms. The van der Waals surface area contributed by atoms with Gasteiger partial charge in [-0.05, 0) is 61.2 Å². The molecule has 2 aliphatic rings. The van der Waals surface area contributed by atoms with Crippen LogP contribution in [0.1, 0.15) is 43.7 Å². The topological polar surface area (TPSA) is 88.0 Å². The lowest BCUT2D eigenvalue weighted by Crippen LogP contribution is -2.36. The zero-order chi connectivity index (χ0) is 24.1. The molecule has 2 aromatic carbocycles. The van der Waals surface area contributed by atoms with Gasteiger partial charge >= 0.3 is 0 Å². The fourth-order valence-electron chi connectivity index (χ4n) is 4.72. The van der Waals surface area contributed by atoms with E-state index in [1.54, 1.807) is 6.07 Å². The number of nitrogens with zero attached hydrogens (tertiary/aromatic N) is 3. The third-order valence-electron chi connectivity index (χ3n) is 6.73. The molecule has 0 bridgehead atoms. The summed E-state index contributed by atoms with van der Waals surface area (Å²) in [6, 6.07) is 13.8. The van der Waals surface area contributed by atoms with Gasteiger partial charge in [-0.15, -0.1) is 0 Å². The number of amides is 1. The van der Waals surface area contributed by atoms with E-state index in [-0.39, 0.29) is 22.4 Å². The van der Waals surface area contributed by atoms with Gasteiger partial charge < -0.3 is 15.0 Å². The number of nitro benzene ring substituents is 1. The Morgan fingerprint density at radius 3 is 2.53 bits per heavy atom. The van der Waals surface area contributed by atoms with Crippen LogP contribution in [0.15, 0.2) is 42.5 Å². The second-order valence-electron chi connectivity index (χ2n) is 9.50. The molecule has 4 rings (SSSR count). The van der Waals surface area contributed by atoms with Crippen LogP contribution < -0.4 is 10.2 Å². The molecule has 2 saturated heterocycles. The van der Waals surface area contributed by atoms with E-state index in [0.717, 1.165) is 37.2 Å². The Morgan fingerprint density at radius 1 is 1.12 bits per heavy atom. The Bertz CT molecular complexity index is 1010. The molecule has 2 aromatic rings.